The normalized spacial score (nSPS) is 14.6. The maximum Gasteiger partial charge on any atom is 0.416 e. The average Bonchev–Trinajstić information content (AvgIpc) is 2.69. The van der Waals surface area contributed by atoms with Gasteiger partial charge in [-0.3, -0.25) is 14.7 Å². The van der Waals surface area contributed by atoms with Crippen LogP contribution in [0.25, 0.3) is 11.4 Å². The van der Waals surface area contributed by atoms with E-state index in [-0.39, 0.29) is 24.2 Å². The third-order valence-corrected chi connectivity index (χ3v) is 4.87. The fourth-order valence-corrected chi connectivity index (χ4v) is 3.45. The predicted octanol–water partition coefficient (Wildman–Crippen LogP) is 3.55. The molecule has 9 heteroatoms. The summed E-state index contributed by atoms with van der Waals surface area (Å²) in [6.07, 6.45) is -1.03. The van der Waals surface area contributed by atoms with Gasteiger partial charge < -0.3 is 4.98 Å². The number of hydrogen-bond acceptors (Lipinski definition) is 4. The summed E-state index contributed by atoms with van der Waals surface area (Å²) < 4.78 is 53.0. The van der Waals surface area contributed by atoms with E-state index in [9.17, 15) is 22.4 Å². The van der Waals surface area contributed by atoms with Crippen LogP contribution in [0.15, 0.2) is 47.5 Å². The van der Waals surface area contributed by atoms with E-state index in [0.717, 1.165) is 17.7 Å². The Morgan fingerprint density at radius 1 is 1.14 bits per heavy atom. The summed E-state index contributed by atoms with van der Waals surface area (Å²) in [7, 11) is 0. The van der Waals surface area contributed by atoms with Gasteiger partial charge in [-0.05, 0) is 29.8 Å². The summed E-state index contributed by atoms with van der Waals surface area (Å²) in [6.45, 7) is 0.566. The molecule has 29 heavy (non-hydrogen) atoms. The van der Waals surface area contributed by atoms with Crippen LogP contribution in [0.1, 0.15) is 22.4 Å². The van der Waals surface area contributed by atoms with Crippen molar-refractivity contribution in [2.24, 2.45) is 0 Å². The van der Waals surface area contributed by atoms with Crippen LogP contribution in [-0.2, 0) is 25.7 Å². The van der Waals surface area contributed by atoms with Crippen LogP contribution in [0.5, 0.6) is 0 Å². The van der Waals surface area contributed by atoms with Gasteiger partial charge >= 0.3 is 6.18 Å². The molecule has 4 rings (SSSR count). The number of pyridine rings is 1. The molecule has 0 spiro atoms. The monoisotopic (exact) mass is 404 g/mol. The quantitative estimate of drug-likeness (QED) is 0.679. The van der Waals surface area contributed by atoms with Gasteiger partial charge in [0.15, 0.2) is 0 Å². The number of hydrogen-bond donors (Lipinski definition) is 1. The predicted molar refractivity (Wildman–Crippen MR) is 97.3 cm³/mol. The molecule has 1 aliphatic rings. The largest absolute Gasteiger partial charge is 0.416 e. The van der Waals surface area contributed by atoms with Crippen LogP contribution in [0.4, 0.5) is 17.6 Å². The molecular weight excluding hydrogens is 388 g/mol. The first-order chi connectivity index (χ1) is 13.8. The molecule has 1 aliphatic heterocycles. The minimum atomic E-state index is -4.65. The molecule has 0 atom stereocenters. The second-order valence-electron chi connectivity index (χ2n) is 6.84. The number of fused-ring (bicyclic) bond motifs is 1. The van der Waals surface area contributed by atoms with Crippen molar-refractivity contribution in [3.05, 3.63) is 81.3 Å². The highest BCUT2D eigenvalue weighted by Gasteiger charge is 2.34. The van der Waals surface area contributed by atoms with Crippen molar-refractivity contribution in [3.63, 3.8) is 0 Å². The molecule has 3 aromatic rings. The Bertz CT molecular complexity index is 1100. The molecule has 0 saturated carbocycles. The number of aromatic amines is 1. The van der Waals surface area contributed by atoms with Gasteiger partial charge in [0.25, 0.3) is 5.56 Å². The molecule has 3 heterocycles. The third kappa shape index (κ3) is 4.04. The number of nitrogens with zero attached hydrogens (tertiary/aromatic N) is 3. The van der Waals surface area contributed by atoms with Crippen molar-refractivity contribution >= 4 is 0 Å². The Morgan fingerprint density at radius 3 is 2.62 bits per heavy atom. The second kappa shape index (κ2) is 7.40. The topological polar surface area (TPSA) is 61.9 Å². The number of H-pyrrole nitrogens is 1. The Kier molecular flexibility index (Phi) is 4.91. The highest BCUT2D eigenvalue weighted by atomic mass is 19.4. The molecule has 5 nitrogen and oxygen atoms in total. The van der Waals surface area contributed by atoms with Crippen molar-refractivity contribution in [1.82, 2.24) is 19.9 Å². The molecule has 1 N–H and O–H groups in total. The number of rotatable bonds is 3. The van der Waals surface area contributed by atoms with Gasteiger partial charge in [0.05, 0.1) is 16.8 Å². The molecule has 0 fully saturated rings. The van der Waals surface area contributed by atoms with Crippen molar-refractivity contribution in [3.8, 4) is 11.4 Å². The zero-order valence-electron chi connectivity index (χ0n) is 15.1. The highest BCUT2D eigenvalue weighted by molar-refractivity contribution is 5.54. The zero-order valence-corrected chi connectivity index (χ0v) is 15.1. The summed E-state index contributed by atoms with van der Waals surface area (Å²) in [5.41, 5.74) is 0.449. The molecular formula is C20H16F4N4O. The molecule has 150 valence electrons. The molecule has 0 unspecified atom stereocenters. The number of benzene rings is 1. The summed E-state index contributed by atoms with van der Waals surface area (Å²) in [6, 6.07) is 6.11. The van der Waals surface area contributed by atoms with E-state index in [1.165, 1.54) is 0 Å². The van der Waals surface area contributed by atoms with E-state index >= 15 is 0 Å². The maximum atomic E-state index is 13.3. The Morgan fingerprint density at radius 2 is 1.90 bits per heavy atom. The fraction of sp³-hybridized carbons (Fsp3) is 0.250. The van der Waals surface area contributed by atoms with E-state index in [4.69, 9.17) is 0 Å². The minimum absolute atomic E-state index is 0.0276. The molecule has 0 saturated heterocycles. The van der Waals surface area contributed by atoms with Gasteiger partial charge in [-0.1, -0.05) is 6.07 Å². The summed E-state index contributed by atoms with van der Waals surface area (Å²) in [5.74, 6) is -0.503. The lowest BCUT2D eigenvalue weighted by atomic mass is 10.0. The molecule has 2 aromatic heterocycles. The number of alkyl halides is 3. The van der Waals surface area contributed by atoms with E-state index in [1.807, 2.05) is 0 Å². The van der Waals surface area contributed by atoms with Crippen LogP contribution in [0, 0.1) is 5.82 Å². The zero-order chi connectivity index (χ0) is 20.6. The Hall–Kier alpha value is -3.07. The molecule has 0 amide bonds. The van der Waals surface area contributed by atoms with Crippen LogP contribution in [0.2, 0.25) is 0 Å². The van der Waals surface area contributed by atoms with Gasteiger partial charge in [-0.2, -0.15) is 13.2 Å². The lowest BCUT2D eigenvalue weighted by molar-refractivity contribution is -0.138. The van der Waals surface area contributed by atoms with Crippen LogP contribution < -0.4 is 5.56 Å². The standard InChI is InChI=1S/C20H16F4N4O/c21-14-2-1-13(16(9-14)20(22,23)24)10-28-8-5-17-15(11-28)19(29)27-18(26-17)12-3-6-25-7-4-12/h1-4,6-7,9H,5,8,10-11H2,(H,26,27,29). The first-order valence-electron chi connectivity index (χ1n) is 8.92. The average molecular weight is 404 g/mol. The van der Waals surface area contributed by atoms with Gasteiger partial charge in [0.2, 0.25) is 0 Å². The second-order valence-corrected chi connectivity index (χ2v) is 6.84. The SMILES string of the molecule is O=c1[nH]c(-c2ccncc2)nc2c1CN(Cc1ccc(F)cc1C(F)(F)F)CC2. The van der Waals surface area contributed by atoms with Crippen LogP contribution in [0.3, 0.4) is 0 Å². The van der Waals surface area contributed by atoms with Crippen molar-refractivity contribution < 1.29 is 17.6 Å². The lowest BCUT2D eigenvalue weighted by Gasteiger charge is -2.28. The smallest absolute Gasteiger partial charge is 0.306 e. The van der Waals surface area contributed by atoms with Crippen molar-refractivity contribution in [2.45, 2.75) is 25.7 Å². The number of nitrogens with one attached hydrogen (secondary N) is 1. The van der Waals surface area contributed by atoms with E-state index in [2.05, 4.69) is 15.0 Å². The van der Waals surface area contributed by atoms with E-state index in [1.54, 1.807) is 29.4 Å². The molecule has 0 bridgehead atoms. The van der Waals surface area contributed by atoms with E-state index in [0.29, 0.717) is 36.1 Å². The Labute approximate surface area is 163 Å². The minimum Gasteiger partial charge on any atom is -0.306 e. The van der Waals surface area contributed by atoms with Crippen LogP contribution >= 0.6 is 0 Å². The fourth-order valence-electron chi connectivity index (χ4n) is 3.45. The first-order valence-corrected chi connectivity index (χ1v) is 8.92. The Balaban J connectivity index is 1.60. The van der Waals surface area contributed by atoms with Crippen LogP contribution in [-0.4, -0.2) is 26.4 Å². The highest BCUT2D eigenvalue weighted by Crippen LogP contribution is 2.33. The molecule has 0 aliphatic carbocycles. The van der Waals surface area contributed by atoms with Crippen molar-refractivity contribution in [2.75, 3.05) is 6.54 Å². The summed E-state index contributed by atoms with van der Waals surface area (Å²) >= 11 is 0. The molecule has 1 aromatic carbocycles. The van der Waals surface area contributed by atoms with Gasteiger partial charge in [0.1, 0.15) is 11.6 Å². The van der Waals surface area contributed by atoms with Gasteiger partial charge in [-0.25, -0.2) is 9.37 Å². The molecule has 0 radical (unpaired) electrons. The van der Waals surface area contributed by atoms with E-state index < -0.39 is 17.6 Å². The summed E-state index contributed by atoms with van der Waals surface area (Å²) in [4.78, 5) is 25.5. The first kappa shape index (κ1) is 19.3. The van der Waals surface area contributed by atoms with Gasteiger partial charge in [-0.15, -0.1) is 0 Å². The number of halogens is 4. The lowest BCUT2D eigenvalue weighted by Crippen LogP contribution is -2.36. The van der Waals surface area contributed by atoms with Crippen molar-refractivity contribution in [1.29, 1.82) is 0 Å². The summed E-state index contributed by atoms with van der Waals surface area (Å²) in [5, 5.41) is 0. The third-order valence-electron chi connectivity index (χ3n) is 4.87. The van der Waals surface area contributed by atoms with Gasteiger partial charge in [0, 0.05) is 44.0 Å². The maximum absolute atomic E-state index is 13.3. The number of aromatic nitrogens is 3.